The molecule has 0 heterocycles. The number of hydrogen-bond acceptors (Lipinski definition) is 3. The highest BCUT2D eigenvalue weighted by Crippen LogP contribution is 2.19. The predicted octanol–water partition coefficient (Wildman–Crippen LogP) is 1.88. The Kier molecular flexibility index (Phi) is 3.09. The number of hydrogen-bond donors (Lipinski definition) is 0. The lowest BCUT2D eigenvalue weighted by atomic mass is 10.5. The summed E-state index contributed by atoms with van der Waals surface area (Å²) >= 11 is 10.7. The van der Waals surface area contributed by atoms with Gasteiger partial charge in [0.15, 0.2) is 16.3 Å². The van der Waals surface area contributed by atoms with Gasteiger partial charge in [-0.25, -0.2) is 0 Å². The first-order valence-corrected chi connectivity index (χ1v) is 2.64. The van der Waals surface area contributed by atoms with E-state index in [9.17, 15) is 4.91 Å². The Labute approximate surface area is 56.8 Å². The van der Waals surface area contributed by atoms with E-state index in [2.05, 4.69) is 10.2 Å². The topological polar surface area (TPSA) is 38.7 Å². The zero-order valence-corrected chi connectivity index (χ0v) is 5.74. The summed E-state index contributed by atoms with van der Waals surface area (Å²) in [4.78, 5) is 13.3. The lowest BCUT2D eigenvalue weighted by molar-refractivity contribution is 0.135. The first-order chi connectivity index (χ1) is 3.56. The molecule has 5 heteroatoms. The Hall–Kier alpha value is -0.0200. The first-order valence-electron chi connectivity index (χ1n) is 1.89. The molecule has 0 aliphatic rings. The van der Waals surface area contributed by atoms with E-state index >= 15 is 0 Å². The Bertz CT molecular complexity index is 79.8. The zero-order valence-electron chi connectivity index (χ0n) is 4.23. The summed E-state index contributed by atoms with van der Waals surface area (Å²) in [6.07, 6.45) is 0. The van der Waals surface area contributed by atoms with E-state index in [0.29, 0.717) is 0 Å². The van der Waals surface area contributed by atoms with Crippen LogP contribution in [0.4, 0.5) is 0 Å². The van der Waals surface area contributed by atoms with E-state index in [0.717, 1.165) is 0 Å². The van der Waals surface area contributed by atoms with Gasteiger partial charge in [-0.2, -0.15) is 0 Å². The molecule has 0 fully saturated rings. The van der Waals surface area contributed by atoms with E-state index in [4.69, 9.17) is 23.2 Å². The molecule has 0 saturated carbocycles. The summed E-state index contributed by atoms with van der Waals surface area (Å²) in [5, 5.41) is 2.10. The van der Waals surface area contributed by atoms with Gasteiger partial charge in [-0.1, -0.05) is 23.2 Å². The second-order valence-electron chi connectivity index (χ2n) is 1.42. The first kappa shape index (κ1) is 7.98. The lowest BCUT2D eigenvalue weighted by Crippen LogP contribution is -2.13. The van der Waals surface area contributed by atoms with Crippen LogP contribution in [0.5, 0.6) is 0 Å². The van der Waals surface area contributed by atoms with Gasteiger partial charge in [0.2, 0.25) is 0 Å². The molecule has 0 unspecified atom stereocenters. The molecule has 0 aromatic carbocycles. The maximum absolute atomic E-state index is 9.26. The minimum Gasteiger partial charge on any atom is -0.361 e. The predicted molar refractivity (Wildman–Crippen MR) is 31.9 cm³/mol. The van der Waals surface area contributed by atoms with Gasteiger partial charge in [0.1, 0.15) is 0 Å². The highest BCUT2D eigenvalue weighted by Gasteiger charge is 2.16. The van der Waals surface area contributed by atoms with E-state index in [1.807, 2.05) is 0 Å². The lowest BCUT2D eigenvalue weighted by Gasteiger charge is -2.07. The van der Waals surface area contributed by atoms with Crippen LogP contribution >= 0.6 is 23.2 Å². The standard InChI is InChI=1S/C3H5Cl2NO2/c1-3(4,5)2-8-6-7/h2H2,1H3. The van der Waals surface area contributed by atoms with Crippen molar-refractivity contribution < 1.29 is 4.84 Å². The van der Waals surface area contributed by atoms with Crippen molar-refractivity contribution >= 4 is 23.2 Å². The van der Waals surface area contributed by atoms with Crippen molar-refractivity contribution in [3.8, 4) is 0 Å². The molecule has 0 radical (unpaired) electrons. The molecule has 0 saturated heterocycles. The molecule has 0 amide bonds. The fraction of sp³-hybridized carbons (Fsp3) is 1.00. The fourth-order valence-corrected chi connectivity index (χ4v) is 0.237. The van der Waals surface area contributed by atoms with E-state index in [-0.39, 0.29) is 6.61 Å². The van der Waals surface area contributed by atoms with Gasteiger partial charge in [0.25, 0.3) is 0 Å². The molecule has 48 valence electrons. The van der Waals surface area contributed by atoms with E-state index < -0.39 is 4.33 Å². The average Bonchev–Trinajstić information content (AvgIpc) is 1.59. The van der Waals surface area contributed by atoms with Crippen molar-refractivity contribution in [3.63, 3.8) is 0 Å². The van der Waals surface area contributed by atoms with Crippen LogP contribution in [0.2, 0.25) is 0 Å². The third-order valence-electron chi connectivity index (χ3n) is 0.371. The Balaban J connectivity index is 3.24. The number of rotatable bonds is 3. The van der Waals surface area contributed by atoms with E-state index in [1.165, 1.54) is 6.92 Å². The largest absolute Gasteiger partial charge is 0.361 e. The molecule has 0 rings (SSSR count). The van der Waals surface area contributed by atoms with Crippen molar-refractivity contribution in [3.05, 3.63) is 4.91 Å². The van der Waals surface area contributed by atoms with Crippen LogP contribution in [0.3, 0.4) is 0 Å². The molecule has 0 atom stereocenters. The smallest absolute Gasteiger partial charge is 0.155 e. The van der Waals surface area contributed by atoms with Crippen molar-refractivity contribution in [1.82, 2.24) is 0 Å². The van der Waals surface area contributed by atoms with Crippen LogP contribution in [-0.4, -0.2) is 10.9 Å². The van der Waals surface area contributed by atoms with Gasteiger partial charge in [0.05, 0.1) is 0 Å². The molecule has 0 aromatic rings. The summed E-state index contributed by atoms with van der Waals surface area (Å²) in [6.45, 7) is 1.42. The molecular weight excluding hydrogens is 153 g/mol. The molecule has 0 bridgehead atoms. The van der Waals surface area contributed by atoms with Gasteiger partial charge >= 0.3 is 0 Å². The van der Waals surface area contributed by atoms with Gasteiger partial charge in [-0.3, -0.25) is 0 Å². The fourth-order valence-electron chi connectivity index (χ4n) is 0.140. The second-order valence-corrected chi connectivity index (χ2v) is 3.28. The van der Waals surface area contributed by atoms with Crippen molar-refractivity contribution in [2.45, 2.75) is 11.3 Å². The van der Waals surface area contributed by atoms with Crippen molar-refractivity contribution in [2.24, 2.45) is 5.34 Å². The highest BCUT2D eigenvalue weighted by atomic mass is 35.5. The maximum atomic E-state index is 9.26. The molecule has 8 heavy (non-hydrogen) atoms. The summed E-state index contributed by atoms with van der Waals surface area (Å²) in [5.41, 5.74) is 0. The molecular formula is C3H5Cl2NO2. The molecule has 0 spiro atoms. The summed E-state index contributed by atoms with van der Waals surface area (Å²) in [6, 6.07) is 0. The van der Waals surface area contributed by atoms with E-state index in [1.54, 1.807) is 0 Å². The van der Waals surface area contributed by atoms with Crippen LogP contribution in [0, 0.1) is 4.91 Å². The van der Waals surface area contributed by atoms with Crippen LogP contribution < -0.4 is 0 Å². The minimum absolute atomic E-state index is 0.0837. The quantitative estimate of drug-likeness (QED) is 0.357. The number of nitrogens with zero attached hydrogens (tertiary/aromatic N) is 1. The van der Waals surface area contributed by atoms with Gasteiger partial charge in [0, 0.05) is 0 Å². The highest BCUT2D eigenvalue weighted by molar-refractivity contribution is 6.48. The Morgan fingerprint density at radius 3 is 2.38 bits per heavy atom. The molecule has 0 N–H and O–H groups in total. The molecule has 0 aromatic heterocycles. The zero-order chi connectivity index (χ0) is 6.62. The monoisotopic (exact) mass is 157 g/mol. The van der Waals surface area contributed by atoms with Crippen molar-refractivity contribution in [1.29, 1.82) is 0 Å². The number of halogens is 2. The van der Waals surface area contributed by atoms with Crippen LogP contribution in [-0.2, 0) is 4.84 Å². The maximum Gasteiger partial charge on any atom is 0.155 e. The van der Waals surface area contributed by atoms with Crippen LogP contribution in [0.1, 0.15) is 6.92 Å². The SMILES string of the molecule is CC(Cl)(Cl)CON=O. The summed E-state index contributed by atoms with van der Waals surface area (Å²) < 4.78 is -1.02. The van der Waals surface area contributed by atoms with Crippen molar-refractivity contribution in [2.75, 3.05) is 6.61 Å². The normalized spacial score (nSPS) is 10.9. The third kappa shape index (κ3) is 5.98. The Morgan fingerprint density at radius 1 is 1.75 bits per heavy atom. The van der Waals surface area contributed by atoms with Crippen LogP contribution in [0.25, 0.3) is 0 Å². The molecule has 0 aliphatic carbocycles. The van der Waals surface area contributed by atoms with Gasteiger partial charge in [-0.05, 0) is 6.92 Å². The number of alkyl halides is 2. The average molecular weight is 158 g/mol. The van der Waals surface area contributed by atoms with Crippen LogP contribution in [0.15, 0.2) is 5.34 Å². The summed E-state index contributed by atoms with van der Waals surface area (Å²) in [5.74, 6) is 0. The molecule has 3 nitrogen and oxygen atoms in total. The summed E-state index contributed by atoms with van der Waals surface area (Å²) in [7, 11) is 0. The Morgan fingerprint density at radius 2 is 2.25 bits per heavy atom. The van der Waals surface area contributed by atoms with Gasteiger partial charge < -0.3 is 4.84 Å². The molecule has 0 aliphatic heterocycles. The third-order valence-corrected chi connectivity index (χ3v) is 0.589. The minimum atomic E-state index is -1.02. The van der Waals surface area contributed by atoms with Gasteiger partial charge in [-0.15, -0.1) is 4.91 Å². The second kappa shape index (κ2) is 3.10.